The topological polar surface area (TPSA) is 63.2 Å². The van der Waals surface area contributed by atoms with Crippen LogP contribution in [0.15, 0.2) is 24.4 Å². The van der Waals surface area contributed by atoms with E-state index in [4.69, 9.17) is 0 Å². The monoisotopic (exact) mass is 349 g/mol. The number of aryl methyl sites for hydroxylation is 1. The Morgan fingerprint density at radius 2 is 2.17 bits per heavy atom. The van der Waals surface area contributed by atoms with Crippen LogP contribution < -0.4 is 0 Å². The molecule has 0 radical (unpaired) electrons. The van der Waals surface area contributed by atoms with Gasteiger partial charge in [-0.05, 0) is 32.9 Å². The predicted octanol–water partition coefficient (Wildman–Crippen LogP) is 2.50. The van der Waals surface area contributed by atoms with E-state index in [-0.39, 0.29) is 17.2 Å². The van der Waals surface area contributed by atoms with Gasteiger partial charge in [0.1, 0.15) is 9.88 Å². The van der Waals surface area contributed by atoms with Gasteiger partial charge >= 0.3 is 0 Å². The molecule has 0 saturated carbocycles. The number of thiazole rings is 1. The summed E-state index contributed by atoms with van der Waals surface area (Å²) in [5, 5.41) is 0.754. The van der Waals surface area contributed by atoms with E-state index in [0.29, 0.717) is 17.2 Å². The van der Waals surface area contributed by atoms with E-state index < -0.39 is 10.8 Å². The molecule has 3 rings (SSSR count). The molecule has 0 unspecified atom stereocenters. The van der Waals surface area contributed by atoms with E-state index in [1.807, 2.05) is 43.9 Å². The highest BCUT2D eigenvalue weighted by molar-refractivity contribution is 7.85. The van der Waals surface area contributed by atoms with Crippen LogP contribution in [0.3, 0.4) is 0 Å². The molecule has 1 aliphatic rings. The van der Waals surface area contributed by atoms with E-state index in [2.05, 4.69) is 9.97 Å². The molecule has 1 aliphatic heterocycles. The van der Waals surface area contributed by atoms with Crippen LogP contribution >= 0.6 is 11.3 Å². The first-order chi connectivity index (χ1) is 11.0. The van der Waals surface area contributed by atoms with Crippen molar-refractivity contribution in [1.29, 1.82) is 0 Å². The van der Waals surface area contributed by atoms with Gasteiger partial charge in [-0.15, -0.1) is 11.3 Å². The molecule has 0 bridgehead atoms. The van der Waals surface area contributed by atoms with Crippen LogP contribution in [0.5, 0.6) is 0 Å². The zero-order valence-corrected chi connectivity index (χ0v) is 15.0. The second kappa shape index (κ2) is 6.49. The number of rotatable bonds is 2. The Morgan fingerprint density at radius 3 is 2.87 bits per heavy atom. The van der Waals surface area contributed by atoms with Gasteiger partial charge in [-0.1, -0.05) is 6.07 Å². The van der Waals surface area contributed by atoms with Gasteiger partial charge in [-0.3, -0.25) is 14.0 Å². The summed E-state index contributed by atoms with van der Waals surface area (Å²) >= 11 is 1.38. The van der Waals surface area contributed by atoms with Crippen LogP contribution in [0.4, 0.5) is 0 Å². The van der Waals surface area contributed by atoms with Gasteiger partial charge in [0.05, 0.1) is 16.6 Å². The molecule has 2 aromatic heterocycles. The molecule has 23 heavy (non-hydrogen) atoms. The molecule has 3 heterocycles. The van der Waals surface area contributed by atoms with Crippen molar-refractivity contribution in [2.45, 2.75) is 32.1 Å². The summed E-state index contributed by atoms with van der Waals surface area (Å²) in [7, 11) is -0.855. The second-order valence-electron chi connectivity index (χ2n) is 5.68. The van der Waals surface area contributed by atoms with Crippen LogP contribution in [0.1, 0.15) is 29.2 Å². The van der Waals surface area contributed by atoms with E-state index in [0.717, 1.165) is 16.4 Å². The molecule has 5 nitrogen and oxygen atoms in total. The van der Waals surface area contributed by atoms with E-state index in [1.165, 1.54) is 11.3 Å². The Bertz CT molecular complexity index is 745. The minimum atomic E-state index is -0.855. The highest BCUT2D eigenvalue weighted by Gasteiger charge is 2.34. The standard InChI is InChI=1S/C16H19N3O2S2/c1-10-14(22-15(18-10)13-6-4-5-7-17-13)16(20)19-8-9-23(21)12(3)11(19)2/h4-7,11-12H,8-9H2,1-3H3/t11-,12+,23+/m0/s1. The van der Waals surface area contributed by atoms with Crippen molar-refractivity contribution in [3.63, 3.8) is 0 Å². The molecule has 7 heteroatoms. The Morgan fingerprint density at radius 1 is 1.39 bits per heavy atom. The molecule has 1 fully saturated rings. The highest BCUT2D eigenvalue weighted by Crippen LogP contribution is 2.29. The van der Waals surface area contributed by atoms with E-state index in [1.54, 1.807) is 6.20 Å². The molecule has 0 spiro atoms. The minimum absolute atomic E-state index is 0.00353. The molecule has 0 aromatic carbocycles. The fourth-order valence-corrected chi connectivity index (χ4v) is 5.00. The van der Waals surface area contributed by atoms with Gasteiger partial charge in [0.2, 0.25) is 0 Å². The third-order valence-corrected chi connectivity index (χ3v) is 7.23. The summed E-state index contributed by atoms with van der Waals surface area (Å²) in [6.45, 7) is 6.30. The number of aromatic nitrogens is 2. The van der Waals surface area contributed by atoms with Gasteiger partial charge in [0.25, 0.3) is 5.91 Å². The maximum atomic E-state index is 12.9. The minimum Gasteiger partial charge on any atom is -0.333 e. The van der Waals surface area contributed by atoms with Gasteiger partial charge < -0.3 is 4.90 Å². The molecular weight excluding hydrogens is 330 g/mol. The van der Waals surface area contributed by atoms with Crippen molar-refractivity contribution in [2.75, 3.05) is 12.3 Å². The molecule has 2 aromatic rings. The average Bonchev–Trinajstić information content (AvgIpc) is 2.95. The summed E-state index contributed by atoms with van der Waals surface area (Å²) in [6.07, 6.45) is 1.72. The Balaban J connectivity index is 1.89. The number of nitrogens with zero attached hydrogens (tertiary/aromatic N) is 3. The first-order valence-corrected chi connectivity index (χ1v) is 9.76. The number of hydrogen-bond acceptors (Lipinski definition) is 5. The Kier molecular flexibility index (Phi) is 4.59. The number of carbonyl (C=O) groups excluding carboxylic acids is 1. The fourth-order valence-electron chi connectivity index (χ4n) is 2.66. The molecule has 122 valence electrons. The average molecular weight is 349 g/mol. The number of hydrogen-bond donors (Lipinski definition) is 0. The van der Waals surface area contributed by atoms with E-state index >= 15 is 0 Å². The summed E-state index contributed by atoms with van der Waals surface area (Å²) in [5.74, 6) is 0.528. The lowest BCUT2D eigenvalue weighted by Gasteiger charge is -2.37. The molecule has 0 aliphatic carbocycles. The van der Waals surface area contributed by atoms with Crippen molar-refractivity contribution in [2.24, 2.45) is 0 Å². The zero-order valence-electron chi connectivity index (χ0n) is 13.4. The van der Waals surface area contributed by atoms with E-state index in [9.17, 15) is 9.00 Å². The molecule has 1 amide bonds. The molecule has 3 atom stereocenters. The summed E-state index contributed by atoms with van der Waals surface area (Å²) < 4.78 is 11.9. The lowest BCUT2D eigenvalue weighted by atomic mass is 10.2. The third-order valence-electron chi connectivity index (χ3n) is 4.25. The van der Waals surface area contributed by atoms with Gasteiger partial charge in [0.15, 0.2) is 0 Å². The van der Waals surface area contributed by atoms with Gasteiger partial charge in [-0.25, -0.2) is 4.98 Å². The van der Waals surface area contributed by atoms with Gasteiger partial charge in [0, 0.05) is 35.3 Å². The second-order valence-corrected chi connectivity index (χ2v) is 8.59. The zero-order chi connectivity index (χ0) is 16.6. The number of carbonyl (C=O) groups is 1. The third kappa shape index (κ3) is 3.07. The lowest BCUT2D eigenvalue weighted by Crippen LogP contribution is -2.52. The fraction of sp³-hybridized carbons (Fsp3) is 0.438. The van der Waals surface area contributed by atoms with Crippen LogP contribution in [0.2, 0.25) is 0 Å². The maximum Gasteiger partial charge on any atom is 0.266 e. The summed E-state index contributed by atoms with van der Waals surface area (Å²) in [6, 6.07) is 5.62. The predicted molar refractivity (Wildman–Crippen MR) is 93.1 cm³/mol. The molecule has 1 saturated heterocycles. The quantitative estimate of drug-likeness (QED) is 0.836. The first-order valence-electron chi connectivity index (χ1n) is 7.56. The van der Waals surface area contributed by atoms with Crippen molar-refractivity contribution >= 4 is 28.0 Å². The SMILES string of the molecule is Cc1nc(-c2ccccn2)sc1C(=O)N1CC[S@@](=O)[C@H](C)[C@@H]1C. The summed E-state index contributed by atoms with van der Waals surface area (Å²) in [4.78, 5) is 24.2. The Hall–Kier alpha value is -1.60. The summed E-state index contributed by atoms with van der Waals surface area (Å²) in [5.41, 5.74) is 1.51. The van der Waals surface area contributed by atoms with Crippen LogP contribution in [-0.2, 0) is 10.8 Å². The largest absolute Gasteiger partial charge is 0.333 e. The normalized spacial score (nSPS) is 24.7. The highest BCUT2D eigenvalue weighted by atomic mass is 32.2. The first kappa shape index (κ1) is 16.3. The van der Waals surface area contributed by atoms with Crippen LogP contribution in [0.25, 0.3) is 10.7 Å². The Labute approximate surface area is 142 Å². The van der Waals surface area contributed by atoms with Crippen LogP contribution in [0, 0.1) is 6.92 Å². The smallest absolute Gasteiger partial charge is 0.266 e. The molecular formula is C16H19N3O2S2. The van der Waals surface area contributed by atoms with Crippen molar-refractivity contribution in [3.8, 4) is 10.7 Å². The number of amides is 1. The van der Waals surface area contributed by atoms with Crippen molar-refractivity contribution < 1.29 is 9.00 Å². The van der Waals surface area contributed by atoms with Crippen LogP contribution in [-0.4, -0.2) is 48.6 Å². The maximum absolute atomic E-state index is 12.9. The number of pyridine rings is 1. The van der Waals surface area contributed by atoms with Gasteiger partial charge in [-0.2, -0.15) is 0 Å². The molecule has 0 N–H and O–H groups in total. The lowest BCUT2D eigenvalue weighted by molar-refractivity contribution is 0.0699. The van der Waals surface area contributed by atoms with Crippen molar-refractivity contribution in [3.05, 3.63) is 35.0 Å². The van der Waals surface area contributed by atoms with Crippen molar-refractivity contribution in [1.82, 2.24) is 14.9 Å².